The van der Waals surface area contributed by atoms with Crippen LogP contribution >= 0.6 is 0 Å². The summed E-state index contributed by atoms with van der Waals surface area (Å²) in [6.07, 6.45) is 3.06. The molecule has 2 aromatic rings. The summed E-state index contributed by atoms with van der Waals surface area (Å²) >= 11 is 0. The Morgan fingerprint density at radius 2 is 2.08 bits per heavy atom. The van der Waals surface area contributed by atoms with Crippen molar-refractivity contribution in [2.75, 3.05) is 13.1 Å². The highest BCUT2D eigenvalue weighted by molar-refractivity contribution is 5.85. The number of benzene rings is 1. The number of carboxylic acid groups (broad SMARTS) is 1. The van der Waals surface area contributed by atoms with Crippen LogP contribution in [0.5, 0.6) is 0 Å². The van der Waals surface area contributed by atoms with Gasteiger partial charge in [-0.1, -0.05) is 24.6 Å². The number of H-pyrrole nitrogens is 1. The van der Waals surface area contributed by atoms with Crippen LogP contribution in [0.15, 0.2) is 24.3 Å². The fourth-order valence-corrected chi connectivity index (χ4v) is 5.75. The number of carboxylic acids is 1. The highest BCUT2D eigenvalue weighted by Gasteiger charge is 2.51. The molecule has 25 heavy (non-hydrogen) atoms. The molecular formula is C20H24N2O3. The summed E-state index contributed by atoms with van der Waals surface area (Å²) in [6, 6.07) is 8.20. The van der Waals surface area contributed by atoms with E-state index in [1.807, 2.05) is 6.07 Å². The van der Waals surface area contributed by atoms with Crippen LogP contribution < -0.4 is 0 Å². The average molecular weight is 340 g/mol. The maximum Gasteiger partial charge on any atom is 0.306 e. The quantitative estimate of drug-likeness (QED) is 0.746. The minimum Gasteiger partial charge on any atom is -0.481 e. The Hall–Kier alpha value is -1.85. The Kier molecular flexibility index (Phi) is 3.44. The Labute approximate surface area is 146 Å². The van der Waals surface area contributed by atoms with Crippen LogP contribution in [0.25, 0.3) is 10.9 Å². The van der Waals surface area contributed by atoms with Crippen LogP contribution in [0.2, 0.25) is 0 Å². The van der Waals surface area contributed by atoms with Gasteiger partial charge in [0.25, 0.3) is 0 Å². The summed E-state index contributed by atoms with van der Waals surface area (Å²) in [5, 5.41) is 22.2. The number of para-hydroxylation sites is 1. The third-order valence-corrected chi connectivity index (χ3v) is 6.79. The van der Waals surface area contributed by atoms with Gasteiger partial charge >= 0.3 is 5.97 Å². The zero-order chi connectivity index (χ0) is 17.1. The van der Waals surface area contributed by atoms with E-state index in [2.05, 4.69) is 28.1 Å². The van der Waals surface area contributed by atoms with Crippen LogP contribution in [0.1, 0.15) is 36.6 Å². The molecule has 1 aromatic carbocycles. The Morgan fingerprint density at radius 1 is 1.24 bits per heavy atom. The summed E-state index contributed by atoms with van der Waals surface area (Å²) in [5.74, 6) is -0.988. The van der Waals surface area contributed by atoms with E-state index in [-0.39, 0.29) is 12.0 Å². The first-order valence-electron chi connectivity index (χ1n) is 9.39. The van der Waals surface area contributed by atoms with Crippen molar-refractivity contribution in [2.24, 2.45) is 17.8 Å². The summed E-state index contributed by atoms with van der Waals surface area (Å²) < 4.78 is 0. The number of fused-ring (bicyclic) bond motifs is 6. The minimum absolute atomic E-state index is 0.0997. The molecule has 0 radical (unpaired) electrons. The van der Waals surface area contributed by atoms with Gasteiger partial charge in [0.1, 0.15) is 0 Å². The van der Waals surface area contributed by atoms with E-state index in [4.69, 9.17) is 0 Å². The predicted molar refractivity (Wildman–Crippen MR) is 94.3 cm³/mol. The molecule has 5 atom stereocenters. The van der Waals surface area contributed by atoms with Crippen molar-refractivity contribution >= 4 is 16.9 Å². The molecule has 3 aliphatic rings. The molecule has 0 amide bonds. The third-order valence-electron chi connectivity index (χ3n) is 6.79. The van der Waals surface area contributed by atoms with Crippen molar-refractivity contribution in [3.8, 4) is 0 Å². The number of rotatable bonds is 1. The van der Waals surface area contributed by atoms with Crippen LogP contribution in [0, 0.1) is 17.8 Å². The number of hydrogen-bond acceptors (Lipinski definition) is 3. The number of nitrogens with zero attached hydrogens (tertiary/aromatic N) is 1. The maximum atomic E-state index is 11.8. The van der Waals surface area contributed by atoms with Crippen LogP contribution in [0.3, 0.4) is 0 Å². The molecule has 1 aliphatic carbocycles. The largest absolute Gasteiger partial charge is 0.481 e. The fraction of sp³-hybridized carbons (Fsp3) is 0.550. The molecule has 1 aromatic heterocycles. The summed E-state index contributed by atoms with van der Waals surface area (Å²) in [5.41, 5.74) is 3.52. The lowest BCUT2D eigenvalue weighted by Gasteiger charge is -2.52. The zero-order valence-corrected chi connectivity index (χ0v) is 14.2. The number of aromatic nitrogens is 1. The molecule has 3 heterocycles. The van der Waals surface area contributed by atoms with E-state index in [1.54, 1.807) is 0 Å². The number of aliphatic hydroxyl groups is 1. The van der Waals surface area contributed by atoms with Gasteiger partial charge in [-0.25, -0.2) is 0 Å². The van der Waals surface area contributed by atoms with Crippen LogP contribution in [-0.2, 0) is 11.2 Å². The maximum absolute atomic E-state index is 11.8. The molecular weight excluding hydrogens is 316 g/mol. The summed E-state index contributed by atoms with van der Waals surface area (Å²) in [7, 11) is 0. The number of aromatic amines is 1. The van der Waals surface area contributed by atoms with E-state index < -0.39 is 18.0 Å². The van der Waals surface area contributed by atoms with E-state index in [0.717, 1.165) is 43.6 Å². The Bertz CT molecular complexity index is 829. The van der Waals surface area contributed by atoms with Crippen molar-refractivity contribution in [1.29, 1.82) is 0 Å². The monoisotopic (exact) mass is 340 g/mol. The van der Waals surface area contributed by atoms with Crippen molar-refractivity contribution < 1.29 is 15.0 Å². The second kappa shape index (κ2) is 5.58. The van der Waals surface area contributed by atoms with Crippen molar-refractivity contribution in [1.82, 2.24) is 9.88 Å². The molecule has 0 spiro atoms. The van der Waals surface area contributed by atoms with Gasteiger partial charge in [-0.2, -0.15) is 0 Å². The smallest absolute Gasteiger partial charge is 0.306 e. The lowest BCUT2D eigenvalue weighted by molar-refractivity contribution is -0.157. The highest BCUT2D eigenvalue weighted by atomic mass is 16.4. The molecule has 2 aliphatic heterocycles. The Morgan fingerprint density at radius 3 is 2.92 bits per heavy atom. The molecule has 0 bridgehead atoms. The molecule has 0 unspecified atom stereocenters. The first kappa shape index (κ1) is 15.4. The first-order valence-corrected chi connectivity index (χ1v) is 9.39. The Balaban J connectivity index is 1.59. The number of carbonyl (C=O) groups is 1. The first-order chi connectivity index (χ1) is 12.1. The third kappa shape index (κ3) is 2.19. The number of nitrogens with one attached hydrogen (secondary N) is 1. The van der Waals surface area contributed by atoms with Gasteiger partial charge < -0.3 is 15.2 Å². The normalized spacial score (nSPS) is 35.0. The van der Waals surface area contributed by atoms with Gasteiger partial charge in [-0.15, -0.1) is 0 Å². The van der Waals surface area contributed by atoms with Crippen molar-refractivity contribution in [3.63, 3.8) is 0 Å². The highest BCUT2D eigenvalue weighted by Crippen LogP contribution is 2.49. The number of hydrogen-bond donors (Lipinski definition) is 3. The van der Waals surface area contributed by atoms with Gasteiger partial charge in [0.15, 0.2) is 0 Å². The van der Waals surface area contributed by atoms with Crippen molar-refractivity contribution in [2.45, 2.75) is 37.8 Å². The van der Waals surface area contributed by atoms with Gasteiger partial charge in [-0.05, 0) is 36.8 Å². The minimum atomic E-state index is -0.741. The standard InChI is InChI=1S/C20H24N2O3/c23-19-16-11(4-3-6-14(16)20(24)25)10-22-9-8-13-12-5-1-2-7-15(12)21-17(13)18(19)22/h1-2,5,7,11,14,16,18-19,21,23H,3-4,6,8-10H2,(H,24,25)/t11-,14-,16-,18-,19-/m0/s1. The van der Waals surface area contributed by atoms with E-state index in [9.17, 15) is 15.0 Å². The molecule has 2 fully saturated rings. The summed E-state index contributed by atoms with van der Waals surface area (Å²) in [4.78, 5) is 17.7. The second-order valence-electron chi connectivity index (χ2n) is 7.96. The van der Waals surface area contributed by atoms with Gasteiger partial charge in [0.2, 0.25) is 0 Å². The van der Waals surface area contributed by atoms with Crippen LogP contribution in [-0.4, -0.2) is 45.3 Å². The predicted octanol–water partition coefficient (Wildman–Crippen LogP) is 2.56. The lowest BCUT2D eigenvalue weighted by atomic mass is 9.64. The zero-order valence-electron chi connectivity index (χ0n) is 14.2. The molecule has 1 saturated heterocycles. The average Bonchev–Trinajstić information content (AvgIpc) is 2.99. The molecule has 5 rings (SSSR count). The number of aliphatic carboxylic acids is 1. The SMILES string of the molecule is O=C(O)[C@H]1CCC[C@H]2CN3CCc4c([nH]c5ccccc45)[C@H]3[C@@H](O)[C@@H]21. The van der Waals surface area contributed by atoms with Gasteiger partial charge in [0, 0.05) is 35.6 Å². The number of piperidine rings is 1. The number of aliphatic hydroxyl groups excluding tert-OH is 1. The van der Waals surface area contributed by atoms with E-state index >= 15 is 0 Å². The molecule has 1 saturated carbocycles. The molecule has 132 valence electrons. The second-order valence-corrected chi connectivity index (χ2v) is 7.96. The molecule has 3 N–H and O–H groups in total. The molecule has 5 heteroatoms. The van der Waals surface area contributed by atoms with Gasteiger partial charge in [0.05, 0.1) is 18.1 Å². The van der Waals surface area contributed by atoms with Crippen molar-refractivity contribution in [3.05, 3.63) is 35.5 Å². The van der Waals surface area contributed by atoms with Crippen LogP contribution in [0.4, 0.5) is 0 Å². The lowest BCUT2D eigenvalue weighted by Crippen LogP contribution is -2.57. The summed E-state index contributed by atoms with van der Waals surface area (Å²) in [6.45, 7) is 1.85. The fourth-order valence-electron chi connectivity index (χ4n) is 5.75. The van der Waals surface area contributed by atoms with E-state index in [0.29, 0.717) is 12.3 Å². The topological polar surface area (TPSA) is 76.6 Å². The van der Waals surface area contributed by atoms with Gasteiger partial charge in [-0.3, -0.25) is 9.69 Å². The van der Waals surface area contributed by atoms with E-state index in [1.165, 1.54) is 10.9 Å². The molecule has 5 nitrogen and oxygen atoms in total.